The second kappa shape index (κ2) is 6.94. The SMILES string of the molecule is Cc1ccc2oc3c(c(=O)c2c1)[C@H](c1ccc([N+](=O)[O-])cc1)N(Cc1ccco1)C3=O. The molecule has 2 aromatic carbocycles. The minimum Gasteiger partial charge on any atom is -0.467 e. The summed E-state index contributed by atoms with van der Waals surface area (Å²) in [6, 6.07) is 13.7. The Morgan fingerprint density at radius 2 is 1.87 bits per heavy atom. The average Bonchev–Trinajstić information content (AvgIpc) is 3.36. The quantitative estimate of drug-likeness (QED) is 0.362. The number of benzene rings is 2. The van der Waals surface area contributed by atoms with Crippen LogP contribution in [-0.2, 0) is 6.54 Å². The van der Waals surface area contributed by atoms with Crippen molar-refractivity contribution >= 4 is 22.6 Å². The summed E-state index contributed by atoms with van der Waals surface area (Å²) >= 11 is 0. The number of amides is 1. The van der Waals surface area contributed by atoms with Crippen LogP contribution in [0.25, 0.3) is 11.0 Å². The Bertz CT molecular complexity index is 1390. The number of aryl methyl sites for hydroxylation is 1. The van der Waals surface area contributed by atoms with E-state index in [0.29, 0.717) is 22.3 Å². The zero-order chi connectivity index (χ0) is 21.7. The van der Waals surface area contributed by atoms with E-state index in [-0.39, 0.29) is 29.0 Å². The number of hydrogen-bond donors (Lipinski definition) is 0. The van der Waals surface area contributed by atoms with Crippen molar-refractivity contribution in [1.29, 1.82) is 0 Å². The summed E-state index contributed by atoms with van der Waals surface area (Å²) in [5.41, 5.74) is 1.66. The molecular formula is C23H16N2O6. The molecule has 3 heterocycles. The van der Waals surface area contributed by atoms with Crippen molar-refractivity contribution in [3.63, 3.8) is 0 Å². The molecule has 1 aliphatic rings. The number of furan rings is 1. The van der Waals surface area contributed by atoms with Gasteiger partial charge in [-0.3, -0.25) is 19.7 Å². The molecule has 0 radical (unpaired) electrons. The van der Waals surface area contributed by atoms with Crippen LogP contribution in [-0.4, -0.2) is 15.7 Å². The number of nitro groups is 1. The van der Waals surface area contributed by atoms with Crippen LogP contribution in [0.5, 0.6) is 0 Å². The second-order valence-corrected chi connectivity index (χ2v) is 7.44. The number of carbonyl (C=O) groups is 1. The Kier molecular flexibility index (Phi) is 4.21. The highest BCUT2D eigenvalue weighted by Gasteiger charge is 2.43. The first kappa shape index (κ1) is 18.8. The molecule has 8 nitrogen and oxygen atoms in total. The van der Waals surface area contributed by atoms with Gasteiger partial charge in [-0.1, -0.05) is 11.6 Å². The molecule has 0 N–H and O–H groups in total. The van der Waals surface area contributed by atoms with Crippen LogP contribution < -0.4 is 5.43 Å². The smallest absolute Gasteiger partial charge is 0.291 e. The van der Waals surface area contributed by atoms with Crippen molar-refractivity contribution in [2.24, 2.45) is 0 Å². The Morgan fingerprint density at radius 3 is 2.55 bits per heavy atom. The minimum absolute atomic E-state index is 0.0174. The van der Waals surface area contributed by atoms with Gasteiger partial charge in [-0.05, 0) is 48.9 Å². The van der Waals surface area contributed by atoms with Gasteiger partial charge in [0.15, 0.2) is 5.43 Å². The number of rotatable bonds is 4. The summed E-state index contributed by atoms with van der Waals surface area (Å²) in [5.74, 6) is 0.0894. The largest absolute Gasteiger partial charge is 0.467 e. The van der Waals surface area contributed by atoms with Crippen LogP contribution in [0.4, 0.5) is 5.69 Å². The Labute approximate surface area is 175 Å². The fourth-order valence-electron chi connectivity index (χ4n) is 3.99. The molecule has 8 heteroatoms. The predicted molar refractivity (Wildman–Crippen MR) is 111 cm³/mol. The zero-order valence-electron chi connectivity index (χ0n) is 16.4. The van der Waals surface area contributed by atoms with Gasteiger partial charge in [0.05, 0.1) is 34.7 Å². The Balaban J connectivity index is 1.73. The predicted octanol–water partition coefficient (Wildman–Crippen LogP) is 4.35. The topological polar surface area (TPSA) is 107 Å². The van der Waals surface area contributed by atoms with E-state index in [1.165, 1.54) is 23.3 Å². The van der Waals surface area contributed by atoms with E-state index < -0.39 is 16.9 Å². The monoisotopic (exact) mass is 416 g/mol. The highest BCUT2D eigenvalue weighted by molar-refractivity contribution is 5.99. The van der Waals surface area contributed by atoms with E-state index in [4.69, 9.17) is 8.83 Å². The van der Waals surface area contributed by atoms with Gasteiger partial charge in [0.25, 0.3) is 11.6 Å². The maximum atomic E-state index is 13.5. The van der Waals surface area contributed by atoms with Crippen LogP contribution in [0.15, 0.2) is 74.5 Å². The fraction of sp³-hybridized carbons (Fsp3) is 0.130. The molecule has 31 heavy (non-hydrogen) atoms. The van der Waals surface area contributed by atoms with E-state index >= 15 is 0 Å². The first-order valence-electron chi connectivity index (χ1n) is 9.59. The first-order chi connectivity index (χ1) is 14.9. The van der Waals surface area contributed by atoms with Crippen molar-refractivity contribution < 1.29 is 18.6 Å². The molecule has 1 aliphatic heterocycles. The number of non-ortho nitro benzene ring substituents is 1. The van der Waals surface area contributed by atoms with E-state index in [9.17, 15) is 19.7 Å². The zero-order valence-corrected chi connectivity index (χ0v) is 16.4. The van der Waals surface area contributed by atoms with Gasteiger partial charge in [-0.2, -0.15) is 0 Å². The van der Waals surface area contributed by atoms with Crippen LogP contribution in [0.3, 0.4) is 0 Å². The minimum atomic E-state index is -0.755. The summed E-state index contributed by atoms with van der Waals surface area (Å²) in [5, 5.41) is 11.4. The molecule has 0 saturated carbocycles. The Hall–Kier alpha value is -4.20. The number of nitrogens with zero attached hydrogens (tertiary/aromatic N) is 2. The first-order valence-corrected chi connectivity index (χ1v) is 9.59. The fourth-order valence-corrected chi connectivity index (χ4v) is 3.99. The summed E-state index contributed by atoms with van der Waals surface area (Å²) < 4.78 is 11.3. The average molecular weight is 416 g/mol. The van der Waals surface area contributed by atoms with E-state index in [1.54, 1.807) is 36.4 Å². The highest BCUT2D eigenvalue weighted by Crippen LogP contribution is 2.39. The maximum absolute atomic E-state index is 13.5. The van der Waals surface area contributed by atoms with Gasteiger partial charge in [0, 0.05) is 12.1 Å². The van der Waals surface area contributed by atoms with Crippen molar-refractivity contribution in [3.8, 4) is 0 Å². The summed E-state index contributed by atoms with van der Waals surface area (Å²) in [6.07, 6.45) is 1.50. The molecule has 5 rings (SSSR count). The third-order valence-corrected chi connectivity index (χ3v) is 5.45. The Morgan fingerprint density at radius 1 is 1.10 bits per heavy atom. The number of carbonyl (C=O) groups excluding carboxylic acids is 1. The second-order valence-electron chi connectivity index (χ2n) is 7.44. The number of fused-ring (bicyclic) bond motifs is 2. The van der Waals surface area contributed by atoms with Gasteiger partial charge in [0.1, 0.15) is 11.3 Å². The molecule has 2 aromatic heterocycles. The molecule has 154 valence electrons. The van der Waals surface area contributed by atoms with Gasteiger partial charge >= 0.3 is 0 Å². The lowest BCUT2D eigenvalue weighted by atomic mass is 9.98. The molecule has 0 spiro atoms. The van der Waals surface area contributed by atoms with E-state index in [1.807, 2.05) is 13.0 Å². The maximum Gasteiger partial charge on any atom is 0.291 e. The molecular weight excluding hydrogens is 400 g/mol. The lowest BCUT2D eigenvalue weighted by molar-refractivity contribution is -0.384. The van der Waals surface area contributed by atoms with E-state index in [0.717, 1.165) is 5.56 Å². The highest BCUT2D eigenvalue weighted by atomic mass is 16.6. The third-order valence-electron chi connectivity index (χ3n) is 5.45. The molecule has 1 amide bonds. The van der Waals surface area contributed by atoms with E-state index in [2.05, 4.69) is 0 Å². The molecule has 0 bridgehead atoms. The van der Waals surface area contributed by atoms with Crippen molar-refractivity contribution in [2.75, 3.05) is 0 Å². The van der Waals surface area contributed by atoms with Crippen molar-refractivity contribution in [1.82, 2.24) is 4.90 Å². The van der Waals surface area contributed by atoms with Crippen molar-refractivity contribution in [2.45, 2.75) is 19.5 Å². The van der Waals surface area contributed by atoms with Gasteiger partial charge in [0.2, 0.25) is 5.76 Å². The number of hydrogen-bond acceptors (Lipinski definition) is 6. The van der Waals surface area contributed by atoms with Crippen molar-refractivity contribution in [3.05, 3.63) is 109 Å². The summed E-state index contributed by atoms with van der Waals surface area (Å²) in [4.78, 5) is 38.8. The van der Waals surface area contributed by atoms with Crippen LogP contribution in [0.2, 0.25) is 0 Å². The van der Waals surface area contributed by atoms with Crippen LogP contribution >= 0.6 is 0 Å². The standard InChI is InChI=1S/C23H16N2O6/c1-13-4-9-18-17(11-13)21(26)19-20(14-5-7-15(8-6-14)25(28)29)24(23(27)22(19)31-18)12-16-3-2-10-30-16/h2-11,20H,12H2,1H3/t20-/m0/s1. The number of nitro benzene ring substituents is 1. The molecule has 0 fully saturated rings. The molecule has 0 aliphatic carbocycles. The van der Waals surface area contributed by atoms with Gasteiger partial charge in [-0.25, -0.2) is 0 Å². The van der Waals surface area contributed by atoms with Gasteiger partial charge in [-0.15, -0.1) is 0 Å². The van der Waals surface area contributed by atoms with Crippen LogP contribution in [0, 0.1) is 17.0 Å². The molecule has 1 atom stereocenters. The van der Waals surface area contributed by atoms with Crippen LogP contribution in [0.1, 0.15) is 39.0 Å². The normalized spacial score (nSPS) is 15.5. The lowest BCUT2D eigenvalue weighted by Gasteiger charge is -2.24. The molecule has 4 aromatic rings. The molecule has 0 unspecified atom stereocenters. The third kappa shape index (κ3) is 3.00. The van der Waals surface area contributed by atoms with Gasteiger partial charge < -0.3 is 13.7 Å². The lowest BCUT2D eigenvalue weighted by Crippen LogP contribution is -2.29. The molecule has 0 saturated heterocycles. The summed E-state index contributed by atoms with van der Waals surface area (Å²) in [6.45, 7) is 1.99. The summed E-state index contributed by atoms with van der Waals surface area (Å²) in [7, 11) is 0.